The lowest BCUT2D eigenvalue weighted by Gasteiger charge is -2.06. The smallest absolute Gasteiger partial charge is 0.311 e. The number of carbonyl (C=O) groups is 1. The van der Waals surface area contributed by atoms with Gasteiger partial charge in [-0.15, -0.1) is 11.3 Å². The highest BCUT2D eigenvalue weighted by atomic mass is 35.5. The van der Waals surface area contributed by atoms with Crippen molar-refractivity contribution in [3.05, 3.63) is 50.8 Å². The predicted octanol–water partition coefficient (Wildman–Crippen LogP) is 4.54. The van der Waals surface area contributed by atoms with E-state index in [1.807, 2.05) is 30.3 Å². The van der Waals surface area contributed by atoms with Crippen LogP contribution < -0.4 is 0 Å². The first-order valence-electron chi connectivity index (χ1n) is 6.81. The number of nitrogens with zero attached hydrogens (tertiary/aromatic N) is 2. The lowest BCUT2D eigenvalue weighted by Crippen LogP contribution is -2.12. The summed E-state index contributed by atoms with van der Waals surface area (Å²) in [4.78, 5) is 20.7. The summed E-state index contributed by atoms with van der Waals surface area (Å²) in [5.74, 6) is -0.343. The number of halogens is 2. The van der Waals surface area contributed by atoms with Crippen LogP contribution in [0, 0.1) is 0 Å². The third-order valence-corrected chi connectivity index (χ3v) is 4.81. The molecule has 1 aromatic heterocycles. The number of esters is 1. The Bertz CT molecular complexity index is 827. The van der Waals surface area contributed by atoms with E-state index in [0.717, 1.165) is 21.8 Å². The highest BCUT2D eigenvalue weighted by Crippen LogP contribution is 2.38. The van der Waals surface area contributed by atoms with Crippen molar-refractivity contribution in [3.8, 4) is 0 Å². The van der Waals surface area contributed by atoms with Gasteiger partial charge in [0.25, 0.3) is 0 Å². The van der Waals surface area contributed by atoms with E-state index in [1.165, 1.54) is 18.4 Å². The molecule has 0 fully saturated rings. The molecule has 0 bridgehead atoms. The second-order valence-electron chi connectivity index (χ2n) is 4.84. The quantitative estimate of drug-likeness (QED) is 0.748. The van der Waals surface area contributed by atoms with Gasteiger partial charge in [0.1, 0.15) is 5.00 Å². The van der Waals surface area contributed by atoms with Gasteiger partial charge >= 0.3 is 5.97 Å². The van der Waals surface area contributed by atoms with Crippen LogP contribution in [0.5, 0.6) is 0 Å². The summed E-state index contributed by atoms with van der Waals surface area (Å²) in [6.45, 7) is 0.314. The average Bonchev–Trinajstić information content (AvgIpc) is 2.81. The largest absolute Gasteiger partial charge is 0.469 e. The van der Waals surface area contributed by atoms with E-state index >= 15 is 0 Å². The van der Waals surface area contributed by atoms with Crippen molar-refractivity contribution >= 4 is 56.9 Å². The second-order valence-corrected chi connectivity index (χ2v) is 6.91. The number of rotatable bonds is 3. The van der Waals surface area contributed by atoms with Crippen LogP contribution in [0.2, 0.25) is 9.36 Å². The van der Waals surface area contributed by atoms with Crippen LogP contribution in [0.15, 0.2) is 40.3 Å². The molecule has 0 radical (unpaired) electrons. The normalized spacial score (nSPS) is 13.7. The molecule has 0 aliphatic carbocycles. The maximum atomic E-state index is 11.5. The molecule has 2 aromatic rings. The highest BCUT2D eigenvalue weighted by Gasteiger charge is 2.21. The van der Waals surface area contributed by atoms with Crippen LogP contribution in [0.3, 0.4) is 0 Å². The topological polar surface area (TPSA) is 51.0 Å². The zero-order valence-corrected chi connectivity index (χ0v) is 14.5. The van der Waals surface area contributed by atoms with E-state index in [4.69, 9.17) is 27.9 Å². The molecule has 0 amide bonds. The molecule has 0 saturated heterocycles. The van der Waals surface area contributed by atoms with Gasteiger partial charge < -0.3 is 4.74 Å². The first-order chi connectivity index (χ1) is 11.1. The lowest BCUT2D eigenvalue weighted by molar-refractivity contribution is -0.139. The fourth-order valence-electron chi connectivity index (χ4n) is 2.26. The molecule has 0 atom stereocenters. The molecule has 1 aliphatic heterocycles. The molecular weight excluding hydrogens is 355 g/mol. The van der Waals surface area contributed by atoms with Gasteiger partial charge in [-0.1, -0.05) is 41.4 Å². The fraction of sp³-hybridized carbons (Fsp3) is 0.188. The monoisotopic (exact) mass is 366 g/mol. The summed E-state index contributed by atoms with van der Waals surface area (Å²) in [5.41, 5.74) is 3.02. The Morgan fingerprint density at radius 1 is 1.30 bits per heavy atom. The van der Waals surface area contributed by atoms with Gasteiger partial charge in [-0.3, -0.25) is 9.79 Å². The molecule has 1 aromatic carbocycles. The van der Waals surface area contributed by atoms with E-state index in [2.05, 4.69) is 9.98 Å². The van der Waals surface area contributed by atoms with Gasteiger partial charge in [0.2, 0.25) is 0 Å². The maximum absolute atomic E-state index is 11.5. The standard InChI is InChI=1S/C16H12Cl2N2O2S/c1-22-14(21)6-9-8-19-15(10-4-2-3-5-12(10)17)11-7-13(18)23-16(11)20-9/h2-5,7H,6,8H2,1H3. The Balaban J connectivity index is 2.07. The summed E-state index contributed by atoms with van der Waals surface area (Å²) in [7, 11) is 1.35. The molecule has 23 heavy (non-hydrogen) atoms. The Labute approximate surface area is 147 Å². The molecule has 118 valence electrons. The number of ether oxygens (including phenoxy) is 1. The molecule has 0 spiro atoms. The fourth-order valence-corrected chi connectivity index (χ4v) is 3.61. The summed E-state index contributed by atoms with van der Waals surface area (Å²) >= 11 is 13.8. The highest BCUT2D eigenvalue weighted by molar-refractivity contribution is 7.20. The van der Waals surface area contributed by atoms with Gasteiger partial charge in [-0.2, -0.15) is 0 Å². The lowest BCUT2D eigenvalue weighted by atomic mass is 10.0. The minimum Gasteiger partial charge on any atom is -0.469 e. The van der Waals surface area contributed by atoms with E-state index < -0.39 is 0 Å². The van der Waals surface area contributed by atoms with Crippen LogP contribution in [0.25, 0.3) is 0 Å². The van der Waals surface area contributed by atoms with E-state index in [0.29, 0.717) is 21.6 Å². The van der Waals surface area contributed by atoms with E-state index in [9.17, 15) is 4.79 Å². The van der Waals surface area contributed by atoms with Crippen molar-refractivity contribution < 1.29 is 9.53 Å². The molecule has 0 N–H and O–H groups in total. The maximum Gasteiger partial charge on any atom is 0.311 e. The van der Waals surface area contributed by atoms with Crippen LogP contribution in [-0.4, -0.2) is 31.0 Å². The van der Waals surface area contributed by atoms with Gasteiger partial charge in [0.05, 0.1) is 35.8 Å². The van der Waals surface area contributed by atoms with Crippen LogP contribution in [0.1, 0.15) is 17.5 Å². The zero-order chi connectivity index (χ0) is 16.4. The molecule has 4 nitrogen and oxygen atoms in total. The first kappa shape index (κ1) is 16.2. The number of aliphatic imine (C=N–C) groups is 2. The van der Waals surface area contributed by atoms with E-state index in [1.54, 1.807) is 0 Å². The van der Waals surface area contributed by atoms with Crippen LogP contribution in [0.4, 0.5) is 5.00 Å². The van der Waals surface area contributed by atoms with E-state index in [-0.39, 0.29) is 12.4 Å². The van der Waals surface area contributed by atoms with Gasteiger partial charge in [-0.05, 0) is 12.1 Å². The molecule has 1 aliphatic rings. The molecule has 0 saturated carbocycles. The Kier molecular flexibility index (Phi) is 4.80. The Hall–Kier alpha value is -1.69. The van der Waals surface area contributed by atoms with Crippen LogP contribution >= 0.6 is 34.5 Å². The molecule has 0 unspecified atom stereocenters. The number of carbonyl (C=O) groups excluding carboxylic acids is 1. The average molecular weight is 367 g/mol. The SMILES string of the molecule is COC(=O)CC1=Nc2sc(Cl)cc2C(c2ccccc2Cl)=NC1. The van der Waals surface area contributed by atoms with Crippen molar-refractivity contribution in [3.63, 3.8) is 0 Å². The molecule has 3 rings (SSSR count). The number of thiophene rings is 1. The number of methoxy groups -OCH3 is 1. The molecule has 7 heteroatoms. The van der Waals surface area contributed by atoms with Gasteiger partial charge in [-0.25, -0.2) is 4.99 Å². The van der Waals surface area contributed by atoms with Crippen molar-refractivity contribution in [2.75, 3.05) is 13.7 Å². The Morgan fingerprint density at radius 2 is 2.09 bits per heavy atom. The third-order valence-electron chi connectivity index (χ3n) is 3.32. The summed E-state index contributed by atoms with van der Waals surface area (Å²) in [6, 6.07) is 9.31. The van der Waals surface area contributed by atoms with Crippen molar-refractivity contribution in [1.82, 2.24) is 0 Å². The Morgan fingerprint density at radius 3 is 2.83 bits per heavy atom. The first-order valence-corrected chi connectivity index (χ1v) is 8.38. The predicted molar refractivity (Wildman–Crippen MR) is 95.0 cm³/mol. The number of benzene rings is 1. The summed E-state index contributed by atoms with van der Waals surface area (Å²) < 4.78 is 5.31. The third kappa shape index (κ3) is 3.47. The number of hydrogen-bond acceptors (Lipinski definition) is 5. The van der Waals surface area contributed by atoms with Crippen molar-refractivity contribution in [2.45, 2.75) is 6.42 Å². The summed E-state index contributed by atoms with van der Waals surface area (Å²) in [5, 5.41) is 1.33. The van der Waals surface area contributed by atoms with Gasteiger partial charge in [0.15, 0.2) is 0 Å². The van der Waals surface area contributed by atoms with Crippen molar-refractivity contribution in [2.24, 2.45) is 9.98 Å². The zero-order valence-electron chi connectivity index (χ0n) is 12.2. The number of fused-ring (bicyclic) bond motifs is 1. The minimum atomic E-state index is -0.343. The summed E-state index contributed by atoms with van der Waals surface area (Å²) in [6.07, 6.45) is 0.102. The molecular formula is C16H12Cl2N2O2S. The van der Waals surface area contributed by atoms with Gasteiger partial charge in [0, 0.05) is 16.1 Å². The van der Waals surface area contributed by atoms with Crippen LogP contribution in [-0.2, 0) is 9.53 Å². The number of hydrogen-bond donors (Lipinski definition) is 0. The van der Waals surface area contributed by atoms with Crippen molar-refractivity contribution in [1.29, 1.82) is 0 Å². The minimum absolute atomic E-state index is 0.102. The molecule has 2 heterocycles. The second kappa shape index (κ2) is 6.83.